The van der Waals surface area contributed by atoms with E-state index < -0.39 is 6.10 Å². The van der Waals surface area contributed by atoms with Crippen LogP contribution in [-0.2, 0) is 0 Å². The maximum atomic E-state index is 9.52. The minimum absolute atomic E-state index is 0.0153. The monoisotopic (exact) mass is 368 g/mol. The van der Waals surface area contributed by atoms with Crippen molar-refractivity contribution in [1.29, 1.82) is 0 Å². The van der Waals surface area contributed by atoms with Crippen LogP contribution in [0.5, 0.6) is 11.5 Å². The first-order valence-corrected chi connectivity index (χ1v) is 8.49. The highest BCUT2D eigenvalue weighted by Crippen LogP contribution is 2.42. The van der Waals surface area contributed by atoms with Crippen molar-refractivity contribution in [3.63, 3.8) is 0 Å². The number of nitrogens with zero attached hydrogens (tertiary/aromatic N) is 1. The molecule has 140 valence electrons. The molecule has 2 heterocycles. The van der Waals surface area contributed by atoms with E-state index in [1.807, 2.05) is 30.3 Å². The molecule has 1 aliphatic heterocycles. The summed E-state index contributed by atoms with van der Waals surface area (Å²) >= 11 is 0. The number of aromatic nitrogens is 3. The summed E-state index contributed by atoms with van der Waals surface area (Å²) in [7, 11) is 1.56. The van der Waals surface area contributed by atoms with Crippen molar-refractivity contribution < 1.29 is 19.7 Å². The standard InChI is InChI=1S/C19H20N4O4/c1-26-16-7-14-11(6-17(16)27-10-13(25)9-24)5-15-18(14)22-23-19(15)21-12-3-2-4-20-8-12/h2-8,13,21-25H,9-10H2,1H3. The minimum Gasteiger partial charge on any atom is -0.493 e. The van der Waals surface area contributed by atoms with Crippen LogP contribution in [0.3, 0.4) is 0 Å². The molecule has 5 N–H and O–H groups in total. The Bertz CT molecular complexity index is 1010. The number of hydrogen-bond acceptors (Lipinski definition) is 6. The van der Waals surface area contributed by atoms with Gasteiger partial charge in [0.25, 0.3) is 0 Å². The molecule has 27 heavy (non-hydrogen) atoms. The molecule has 1 aliphatic carbocycles. The van der Waals surface area contributed by atoms with Crippen LogP contribution in [0.15, 0.2) is 42.7 Å². The third-order valence-electron chi connectivity index (χ3n) is 4.33. The maximum absolute atomic E-state index is 9.52. The zero-order valence-electron chi connectivity index (χ0n) is 14.7. The molecule has 0 fully saturated rings. The molecule has 8 heteroatoms. The lowest BCUT2D eigenvalue weighted by Crippen LogP contribution is -2.21. The fourth-order valence-electron chi connectivity index (χ4n) is 3.00. The molecule has 4 rings (SSSR count). The average molecular weight is 368 g/mol. The van der Waals surface area contributed by atoms with Crippen LogP contribution < -0.4 is 14.8 Å². The van der Waals surface area contributed by atoms with E-state index in [0.29, 0.717) is 11.5 Å². The van der Waals surface area contributed by atoms with Crippen molar-refractivity contribution in [2.45, 2.75) is 6.10 Å². The Labute approximate surface area is 155 Å². The lowest BCUT2D eigenvalue weighted by molar-refractivity contribution is 0.0528. The molecule has 8 nitrogen and oxygen atoms in total. The molecule has 1 aromatic heterocycles. The quantitative estimate of drug-likeness (QED) is 0.342. The van der Waals surface area contributed by atoms with Gasteiger partial charge in [-0.25, -0.2) is 0 Å². The second-order valence-electron chi connectivity index (χ2n) is 6.16. The lowest BCUT2D eigenvalue weighted by atomic mass is 10.2. The number of benzene rings is 1. The number of aliphatic hydroxyl groups is 2. The number of ether oxygens (including phenoxy) is 2. The summed E-state index contributed by atoms with van der Waals surface area (Å²) in [6, 6.07) is 9.58. The van der Waals surface area contributed by atoms with E-state index in [4.69, 9.17) is 14.6 Å². The van der Waals surface area contributed by atoms with Crippen molar-refractivity contribution >= 4 is 22.3 Å². The molecule has 0 amide bonds. The summed E-state index contributed by atoms with van der Waals surface area (Å²) < 4.78 is 11.0. The van der Waals surface area contributed by atoms with Gasteiger partial charge < -0.3 is 25.0 Å². The highest BCUT2D eigenvalue weighted by Gasteiger charge is 2.20. The fraction of sp³-hybridized carbons (Fsp3) is 0.211. The summed E-state index contributed by atoms with van der Waals surface area (Å²) in [5.74, 6) is 1.89. The number of aliphatic hydroxyl groups excluding tert-OH is 2. The van der Waals surface area contributed by atoms with Crippen molar-refractivity contribution in [2.24, 2.45) is 0 Å². The van der Waals surface area contributed by atoms with Crippen LogP contribution >= 0.6 is 0 Å². The van der Waals surface area contributed by atoms with Crippen molar-refractivity contribution in [1.82, 2.24) is 15.2 Å². The van der Waals surface area contributed by atoms with E-state index in [9.17, 15) is 5.11 Å². The Hall–Kier alpha value is -3.23. The van der Waals surface area contributed by atoms with Crippen molar-refractivity contribution in [2.75, 3.05) is 25.6 Å². The first kappa shape index (κ1) is 17.2. The molecule has 1 unspecified atom stereocenters. The summed E-state index contributed by atoms with van der Waals surface area (Å²) in [5, 5.41) is 30.0. The maximum Gasteiger partial charge on any atom is 0.161 e. The van der Waals surface area contributed by atoms with Gasteiger partial charge in [0.05, 0.1) is 31.3 Å². The summed E-state index contributed by atoms with van der Waals surface area (Å²) in [5.41, 5.74) is 2.81. The zero-order valence-corrected chi connectivity index (χ0v) is 14.7. The van der Waals surface area contributed by atoms with Gasteiger partial charge in [0, 0.05) is 17.1 Å². The normalized spacial score (nSPS) is 12.4. The van der Waals surface area contributed by atoms with Crippen LogP contribution in [0.4, 0.5) is 11.5 Å². The molecular weight excluding hydrogens is 348 g/mol. The Kier molecular flexibility index (Phi) is 4.57. The fourth-order valence-corrected chi connectivity index (χ4v) is 3.00. The molecule has 1 atom stereocenters. The molecule has 0 spiro atoms. The molecule has 0 saturated carbocycles. The van der Waals surface area contributed by atoms with E-state index in [-0.39, 0.29) is 13.2 Å². The van der Waals surface area contributed by atoms with Crippen LogP contribution in [0.25, 0.3) is 22.0 Å². The summed E-state index contributed by atoms with van der Waals surface area (Å²) in [6.45, 7) is -0.373. The molecule has 0 radical (unpaired) electrons. The summed E-state index contributed by atoms with van der Waals surface area (Å²) in [6.07, 6.45) is 2.53. The molecule has 0 bridgehead atoms. The van der Waals surface area contributed by atoms with Crippen molar-refractivity contribution in [3.05, 3.63) is 42.7 Å². The second kappa shape index (κ2) is 7.18. The third-order valence-corrected chi connectivity index (χ3v) is 4.33. The van der Waals surface area contributed by atoms with Gasteiger partial charge in [-0.2, -0.15) is 0 Å². The highest BCUT2D eigenvalue weighted by atomic mass is 16.5. The van der Waals surface area contributed by atoms with Crippen LogP contribution in [-0.4, -0.2) is 51.8 Å². The first-order chi connectivity index (χ1) is 13.2. The van der Waals surface area contributed by atoms with E-state index >= 15 is 0 Å². The van der Waals surface area contributed by atoms with E-state index in [1.165, 1.54) is 0 Å². The predicted octanol–water partition coefficient (Wildman–Crippen LogP) is 2.48. The molecule has 1 aromatic carbocycles. The largest absolute Gasteiger partial charge is 0.493 e. The van der Waals surface area contributed by atoms with Crippen LogP contribution in [0, 0.1) is 0 Å². The van der Waals surface area contributed by atoms with Gasteiger partial charge in [0.15, 0.2) is 11.5 Å². The van der Waals surface area contributed by atoms with E-state index in [2.05, 4.69) is 20.5 Å². The SMILES string of the molecule is COc1cc2c3[nH][nH]c(Nc4cccnc4)c-3cc2cc1OCC(O)CO. The first-order valence-electron chi connectivity index (χ1n) is 8.49. The van der Waals surface area contributed by atoms with E-state index in [0.717, 1.165) is 33.5 Å². The number of nitrogens with one attached hydrogen (secondary N) is 3. The molecule has 2 aliphatic rings. The van der Waals surface area contributed by atoms with E-state index in [1.54, 1.807) is 19.5 Å². The molecule has 2 aromatic rings. The van der Waals surface area contributed by atoms with Gasteiger partial charge in [-0.05, 0) is 35.7 Å². The number of anilines is 2. The number of rotatable bonds is 7. The summed E-state index contributed by atoms with van der Waals surface area (Å²) in [4.78, 5) is 4.11. The molecular formula is C19H20N4O4. The smallest absolute Gasteiger partial charge is 0.161 e. The third kappa shape index (κ3) is 3.27. The average Bonchev–Trinajstić information content (AvgIpc) is 3.25. The number of aromatic amines is 2. The number of pyridine rings is 1. The Morgan fingerprint density at radius 3 is 2.85 bits per heavy atom. The van der Waals surface area contributed by atoms with Gasteiger partial charge in [-0.15, -0.1) is 0 Å². The Morgan fingerprint density at radius 1 is 1.22 bits per heavy atom. The highest BCUT2D eigenvalue weighted by molar-refractivity contribution is 6.05. The number of hydrogen-bond donors (Lipinski definition) is 5. The minimum atomic E-state index is -0.940. The lowest BCUT2D eigenvalue weighted by Gasteiger charge is -2.13. The zero-order chi connectivity index (χ0) is 18.8. The Morgan fingerprint density at radius 2 is 2.11 bits per heavy atom. The number of H-pyrrole nitrogens is 2. The van der Waals surface area contributed by atoms with Gasteiger partial charge in [0.1, 0.15) is 18.5 Å². The van der Waals surface area contributed by atoms with Crippen LogP contribution in [0.1, 0.15) is 0 Å². The van der Waals surface area contributed by atoms with Gasteiger partial charge in [-0.1, -0.05) is 0 Å². The number of methoxy groups -OCH3 is 1. The molecule has 0 saturated heterocycles. The van der Waals surface area contributed by atoms with Gasteiger partial charge in [0.2, 0.25) is 0 Å². The van der Waals surface area contributed by atoms with Crippen LogP contribution in [0.2, 0.25) is 0 Å². The number of fused-ring (bicyclic) bond motifs is 3. The van der Waals surface area contributed by atoms with Crippen molar-refractivity contribution in [3.8, 4) is 22.8 Å². The Balaban J connectivity index is 1.69. The topological polar surface area (TPSA) is 115 Å². The van der Waals surface area contributed by atoms with Gasteiger partial charge in [-0.3, -0.25) is 15.2 Å². The van der Waals surface area contributed by atoms with Gasteiger partial charge >= 0.3 is 0 Å². The predicted molar refractivity (Wildman–Crippen MR) is 102 cm³/mol. The second-order valence-corrected chi connectivity index (χ2v) is 6.16.